The highest BCUT2D eigenvalue weighted by molar-refractivity contribution is 6.80. The van der Waals surface area contributed by atoms with Crippen LogP contribution in [0.1, 0.15) is 17.2 Å². The summed E-state index contributed by atoms with van der Waals surface area (Å²) in [7, 11) is 1.74. The van der Waals surface area contributed by atoms with Gasteiger partial charge in [-0.25, -0.2) is 0 Å². The standard InChI is InChI=1S/C30H34B2N2O3/c1-35-30(24-12-16-28(17-13-24)31(36-22-20-33)26-8-4-2-5-9-26)25-14-18-29(19-15-25)32(37-23-21-34)27-10-6-3-7-11-27/h2-19,30H,20-23,33-34H2,1H3. The number of nitrogens with two attached hydrogens (primary N) is 2. The van der Waals surface area contributed by atoms with E-state index in [1.807, 2.05) is 36.4 Å². The molecule has 0 aliphatic heterocycles. The fraction of sp³-hybridized carbons (Fsp3) is 0.200. The Hall–Kier alpha value is -3.19. The average Bonchev–Trinajstić information content (AvgIpc) is 2.96. The molecule has 0 heterocycles. The van der Waals surface area contributed by atoms with Crippen LogP contribution in [-0.4, -0.2) is 47.2 Å². The molecular formula is C30H34B2N2O3. The Morgan fingerprint density at radius 1 is 0.541 bits per heavy atom. The Bertz CT molecular complexity index is 1100. The van der Waals surface area contributed by atoms with Crippen LogP contribution < -0.4 is 33.3 Å². The van der Waals surface area contributed by atoms with Gasteiger partial charge in [0.05, 0.1) is 0 Å². The van der Waals surface area contributed by atoms with Gasteiger partial charge in [0, 0.05) is 33.4 Å². The Balaban J connectivity index is 1.55. The van der Waals surface area contributed by atoms with Crippen LogP contribution in [0.25, 0.3) is 0 Å². The van der Waals surface area contributed by atoms with Crippen molar-refractivity contribution >= 4 is 35.7 Å². The molecule has 7 heteroatoms. The van der Waals surface area contributed by atoms with Gasteiger partial charge < -0.3 is 25.5 Å². The quantitative estimate of drug-likeness (QED) is 0.277. The van der Waals surface area contributed by atoms with Crippen molar-refractivity contribution in [1.29, 1.82) is 0 Å². The van der Waals surface area contributed by atoms with Crippen LogP contribution in [0, 0.1) is 0 Å². The minimum absolute atomic E-state index is 0.164. The molecule has 0 saturated heterocycles. The van der Waals surface area contributed by atoms with E-state index >= 15 is 0 Å². The molecule has 4 aromatic rings. The second-order valence-electron chi connectivity index (χ2n) is 8.85. The van der Waals surface area contributed by atoms with Crippen molar-refractivity contribution in [3.05, 3.63) is 120 Å². The number of ether oxygens (including phenoxy) is 1. The van der Waals surface area contributed by atoms with E-state index in [4.69, 9.17) is 25.5 Å². The average molecular weight is 492 g/mol. The molecule has 0 spiro atoms. The zero-order chi connectivity index (χ0) is 25.9. The molecule has 188 valence electrons. The maximum absolute atomic E-state index is 6.10. The minimum atomic E-state index is -0.191. The fourth-order valence-corrected chi connectivity index (χ4v) is 4.55. The number of methoxy groups -OCH3 is 1. The van der Waals surface area contributed by atoms with E-state index in [9.17, 15) is 0 Å². The van der Waals surface area contributed by atoms with E-state index in [2.05, 4.69) is 72.8 Å². The van der Waals surface area contributed by atoms with Crippen molar-refractivity contribution in [3.8, 4) is 0 Å². The number of hydrogen-bond donors (Lipinski definition) is 2. The third kappa shape index (κ3) is 6.98. The van der Waals surface area contributed by atoms with Gasteiger partial charge in [-0.1, -0.05) is 109 Å². The first-order chi connectivity index (χ1) is 18.2. The van der Waals surface area contributed by atoms with Gasteiger partial charge in [0.15, 0.2) is 0 Å². The lowest BCUT2D eigenvalue weighted by Gasteiger charge is -2.20. The highest BCUT2D eigenvalue weighted by Crippen LogP contribution is 2.24. The molecule has 0 fully saturated rings. The second-order valence-corrected chi connectivity index (χ2v) is 8.85. The highest BCUT2D eigenvalue weighted by Gasteiger charge is 2.24. The Morgan fingerprint density at radius 2 is 0.892 bits per heavy atom. The first-order valence-electron chi connectivity index (χ1n) is 12.7. The van der Waals surface area contributed by atoms with Crippen molar-refractivity contribution in [1.82, 2.24) is 0 Å². The zero-order valence-electron chi connectivity index (χ0n) is 21.3. The van der Waals surface area contributed by atoms with Gasteiger partial charge in [-0.05, 0) is 33.0 Å². The number of benzene rings is 4. The Labute approximate surface area is 221 Å². The van der Waals surface area contributed by atoms with Crippen LogP contribution in [0.4, 0.5) is 0 Å². The van der Waals surface area contributed by atoms with E-state index in [0.29, 0.717) is 26.3 Å². The van der Waals surface area contributed by atoms with Gasteiger partial charge in [0.1, 0.15) is 6.10 Å². The van der Waals surface area contributed by atoms with Gasteiger partial charge in [-0.3, -0.25) is 0 Å². The van der Waals surface area contributed by atoms with E-state index < -0.39 is 0 Å². The van der Waals surface area contributed by atoms with E-state index in [-0.39, 0.29) is 19.9 Å². The molecule has 5 nitrogen and oxygen atoms in total. The second kappa shape index (κ2) is 13.9. The number of rotatable bonds is 13. The topological polar surface area (TPSA) is 79.7 Å². The van der Waals surface area contributed by atoms with Crippen molar-refractivity contribution in [2.45, 2.75) is 6.10 Å². The van der Waals surface area contributed by atoms with Crippen molar-refractivity contribution in [2.75, 3.05) is 33.4 Å². The molecule has 0 radical (unpaired) electrons. The normalized spacial score (nSPS) is 11.0. The lowest BCUT2D eigenvalue weighted by molar-refractivity contribution is 0.136. The summed E-state index contributed by atoms with van der Waals surface area (Å²) < 4.78 is 18.1. The summed E-state index contributed by atoms with van der Waals surface area (Å²) in [4.78, 5) is 0. The summed E-state index contributed by atoms with van der Waals surface area (Å²) in [6.07, 6.45) is -0.191. The van der Waals surface area contributed by atoms with Crippen molar-refractivity contribution in [2.24, 2.45) is 11.5 Å². The van der Waals surface area contributed by atoms with Crippen LogP contribution in [0.3, 0.4) is 0 Å². The molecule has 0 saturated carbocycles. The maximum Gasteiger partial charge on any atom is 0.361 e. The van der Waals surface area contributed by atoms with Gasteiger partial charge in [0.2, 0.25) is 0 Å². The summed E-state index contributed by atoms with van der Waals surface area (Å²) in [6.45, 7) is 1.61. The summed E-state index contributed by atoms with van der Waals surface area (Å²) in [5, 5.41) is 0. The first kappa shape index (κ1) is 26.9. The first-order valence-corrected chi connectivity index (χ1v) is 12.7. The molecule has 4 rings (SSSR count). The SMILES string of the molecule is COC(c1ccc(B(OCCN)c2ccccc2)cc1)c1ccc(B(OCCN)c2ccccc2)cc1. The summed E-state index contributed by atoms with van der Waals surface area (Å²) in [5.74, 6) is 0. The Morgan fingerprint density at radius 3 is 1.22 bits per heavy atom. The molecule has 0 aliphatic rings. The molecule has 0 bridgehead atoms. The molecule has 4 aromatic carbocycles. The van der Waals surface area contributed by atoms with Crippen LogP contribution in [0.5, 0.6) is 0 Å². The van der Waals surface area contributed by atoms with Gasteiger partial charge >= 0.3 is 13.8 Å². The molecule has 0 unspecified atom stereocenters. The van der Waals surface area contributed by atoms with Crippen LogP contribution in [0.2, 0.25) is 0 Å². The lowest BCUT2D eigenvalue weighted by atomic mass is 9.55. The Kier molecular flexibility index (Phi) is 10.1. The molecule has 0 atom stereocenters. The van der Waals surface area contributed by atoms with Gasteiger partial charge in [0.25, 0.3) is 0 Å². The zero-order valence-corrected chi connectivity index (χ0v) is 21.3. The summed E-state index contributed by atoms with van der Waals surface area (Å²) in [6, 6.07) is 37.3. The predicted molar refractivity (Wildman–Crippen MR) is 155 cm³/mol. The third-order valence-electron chi connectivity index (χ3n) is 6.33. The van der Waals surface area contributed by atoms with Crippen LogP contribution in [-0.2, 0) is 14.0 Å². The van der Waals surface area contributed by atoms with Crippen molar-refractivity contribution in [3.63, 3.8) is 0 Å². The molecular weight excluding hydrogens is 458 g/mol. The largest absolute Gasteiger partial charge is 0.426 e. The molecule has 0 aliphatic carbocycles. The molecule has 4 N–H and O–H groups in total. The summed E-state index contributed by atoms with van der Waals surface area (Å²) >= 11 is 0. The van der Waals surface area contributed by atoms with E-state index in [0.717, 1.165) is 33.0 Å². The highest BCUT2D eigenvalue weighted by atomic mass is 16.5. The molecule has 0 amide bonds. The predicted octanol–water partition coefficient (Wildman–Crippen LogP) is 1.58. The van der Waals surface area contributed by atoms with Crippen LogP contribution in [0.15, 0.2) is 109 Å². The monoisotopic (exact) mass is 492 g/mol. The van der Waals surface area contributed by atoms with E-state index in [1.54, 1.807) is 7.11 Å². The third-order valence-corrected chi connectivity index (χ3v) is 6.33. The van der Waals surface area contributed by atoms with Crippen molar-refractivity contribution < 1.29 is 14.0 Å². The van der Waals surface area contributed by atoms with E-state index in [1.165, 1.54) is 0 Å². The number of hydrogen-bond acceptors (Lipinski definition) is 5. The fourth-order valence-electron chi connectivity index (χ4n) is 4.55. The molecule has 0 aromatic heterocycles. The van der Waals surface area contributed by atoms with Gasteiger partial charge in [-0.15, -0.1) is 0 Å². The molecule has 37 heavy (non-hydrogen) atoms. The van der Waals surface area contributed by atoms with Gasteiger partial charge in [-0.2, -0.15) is 0 Å². The minimum Gasteiger partial charge on any atom is -0.426 e. The van der Waals surface area contributed by atoms with Crippen LogP contribution >= 0.6 is 0 Å². The smallest absolute Gasteiger partial charge is 0.361 e. The lowest BCUT2D eigenvalue weighted by Crippen LogP contribution is -2.46. The maximum atomic E-state index is 6.10. The summed E-state index contributed by atoms with van der Waals surface area (Å²) in [5.41, 5.74) is 17.9.